The molecule has 0 aromatic heterocycles. The third-order valence-corrected chi connectivity index (χ3v) is 1.96. The van der Waals surface area contributed by atoms with Gasteiger partial charge in [-0.05, 0) is 24.6 Å². The van der Waals surface area contributed by atoms with Crippen LogP contribution in [0.3, 0.4) is 0 Å². The molecule has 4 heteroatoms. The molecule has 0 bridgehead atoms. The summed E-state index contributed by atoms with van der Waals surface area (Å²) in [7, 11) is 0. The molecule has 3 nitrogen and oxygen atoms in total. The van der Waals surface area contributed by atoms with Gasteiger partial charge in [-0.1, -0.05) is 24.6 Å². The van der Waals surface area contributed by atoms with Gasteiger partial charge in [-0.3, -0.25) is 4.79 Å². The van der Waals surface area contributed by atoms with Gasteiger partial charge in [0.15, 0.2) is 0 Å². The molecule has 0 aliphatic rings. The van der Waals surface area contributed by atoms with Crippen molar-refractivity contribution in [2.45, 2.75) is 13.3 Å². The molecule has 15 heavy (non-hydrogen) atoms. The zero-order valence-corrected chi connectivity index (χ0v) is 9.38. The molecule has 0 aliphatic heterocycles. The number of carbonyl (C=O) groups is 1. The van der Waals surface area contributed by atoms with Gasteiger partial charge in [-0.15, -0.1) is 0 Å². The molecule has 0 heterocycles. The van der Waals surface area contributed by atoms with Gasteiger partial charge >= 0.3 is 5.97 Å². The Morgan fingerprint density at radius 3 is 3.00 bits per heavy atom. The normalized spacial score (nSPS) is 9.73. The minimum absolute atomic E-state index is 0.167. The summed E-state index contributed by atoms with van der Waals surface area (Å²) in [6.45, 7) is 2.59. The molecule has 1 aromatic carbocycles. The van der Waals surface area contributed by atoms with Crippen LogP contribution >= 0.6 is 11.6 Å². The number of halogens is 1. The SMILES string of the molecule is CCCOC(=O)CNc1cccc(Cl)c1. The van der Waals surface area contributed by atoms with E-state index in [9.17, 15) is 4.79 Å². The molecular weight excluding hydrogens is 214 g/mol. The first-order valence-electron chi connectivity index (χ1n) is 4.87. The minimum atomic E-state index is -0.253. The summed E-state index contributed by atoms with van der Waals surface area (Å²) in [5.41, 5.74) is 0.816. The second-order valence-corrected chi connectivity index (χ2v) is 3.52. The van der Waals surface area contributed by atoms with Gasteiger partial charge in [0.2, 0.25) is 0 Å². The summed E-state index contributed by atoms with van der Waals surface area (Å²) in [6, 6.07) is 7.21. The topological polar surface area (TPSA) is 38.3 Å². The Bertz CT molecular complexity index is 328. The molecular formula is C11H14ClNO2. The number of hydrogen-bond donors (Lipinski definition) is 1. The van der Waals surface area contributed by atoms with Gasteiger partial charge in [0.25, 0.3) is 0 Å². The zero-order valence-electron chi connectivity index (χ0n) is 8.63. The van der Waals surface area contributed by atoms with Crippen molar-refractivity contribution in [3.63, 3.8) is 0 Å². The van der Waals surface area contributed by atoms with Crippen molar-refractivity contribution in [1.29, 1.82) is 0 Å². The van der Waals surface area contributed by atoms with Crippen LogP contribution in [-0.4, -0.2) is 19.1 Å². The fourth-order valence-electron chi connectivity index (χ4n) is 1.04. The Hall–Kier alpha value is -1.22. The van der Waals surface area contributed by atoms with Gasteiger partial charge in [-0.2, -0.15) is 0 Å². The van der Waals surface area contributed by atoms with Crippen LogP contribution in [0.25, 0.3) is 0 Å². The quantitative estimate of drug-likeness (QED) is 0.786. The molecule has 0 amide bonds. The number of hydrogen-bond acceptors (Lipinski definition) is 3. The largest absolute Gasteiger partial charge is 0.464 e. The Kier molecular flexibility index (Phi) is 4.98. The number of esters is 1. The van der Waals surface area contributed by atoms with Gasteiger partial charge in [0, 0.05) is 10.7 Å². The summed E-state index contributed by atoms with van der Waals surface area (Å²) < 4.78 is 4.91. The monoisotopic (exact) mass is 227 g/mol. The van der Waals surface area contributed by atoms with E-state index in [4.69, 9.17) is 16.3 Å². The second-order valence-electron chi connectivity index (χ2n) is 3.08. The highest BCUT2D eigenvalue weighted by Crippen LogP contribution is 2.14. The Balaban J connectivity index is 2.33. The number of anilines is 1. The molecule has 0 saturated carbocycles. The van der Waals surface area contributed by atoms with E-state index in [1.54, 1.807) is 12.1 Å². The van der Waals surface area contributed by atoms with Crippen molar-refractivity contribution in [3.8, 4) is 0 Å². The first-order chi connectivity index (χ1) is 7.22. The summed E-state index contributed by atoms with van der Waals surface area (Å²) in [6.07, 6.45) is 0.836. The standard InChI is InChI=1S/C11H14ClNO2/c1-2-6-15-11(14)8-13-10-5-3-4-9(12)7-10/h3-5,7,13H,2,6,8H2,1H3. The first kappa shape index (κ1) is 11.9. The highest BCUT2D eigenvalue weighted by atomic mass is 35.5. The maximum Gasteiger partial charge on any atom is 0.325 e. The number of rotatable bonds is 5. The van der Waals surface area contributed by atoms with E-state index in [-0.39, 0.29) is 12.5 Å². The van der Waals surface area contributed by atoms with E-state index in [0.717, 1.165) is 12.1 Å². The van der Waals surface area contributed by atoms with E-state index >= 15 is 0 Å². The Morgan fingerprint density at radius 1 is 1.53 bits per heavy atom. The van der Waals surface area contributed by atoms with Crippen molar-refractivity contribution in [1.82, 2.24) is 0 Å². The molecule has 1 rings (SSSR count). The lowest BCUT2D eigenvalue weighted by atomic mass is 10.3. The molecule has 0 spiro atoms. The van der Waals surface area contributed by atoms with E-state index in [2.05, 4.69) is 5.32 Å². The van der Waals surface area contributed by atoms with E-state index in [0.29, 0.717) is 11.6 Å². The number of carbonyl (C=O) groups excluding carboxylic acids is 1. The smallest absolute Gasteiger partial charge is 0.325 e. The third kappa shape index (κ3) is 4.70. The Morgan fingerprint density at radius 2 is 2.33 bits per heavy atom. The Labute approximate surface area is 94.4 Å². The highest BCUT2D eigenvalue weighted by Gasteiger charge is 2.01. The third-order valence-electron chi connectivity index (χ3n) is 1.73. The summed E-state index contributed by atoms with van der Waals surface area (Å²) in [5, 5.41) is 3.58. The second kappa shape index (κ2) is 6.30. The van der Waals surface area contributed by atoms with Crippen LogP contribution in [-0.2, 0) is 9.53 Å². The van der Waals surface area contributed by atoms with Crippen LogP contribution in [0.4, 0.5) is 5.69 Å². The fraction of sp³-hybridized carbons (Fsp3) is 0.364. The molecule has 82 valence electrons. The van der Waals surface area contributed by atoms with Crippen molar-refractivity contribution in [2.75, 3.05) is 18.5 Å². The molecule has 0 fully saturated rings. The first-order valence-corrected chi connectivity index (χ1v) is 5.25. The van der Waals surface area contributed by atoms with Crippen LogP contribution in [0.2, 0.25) is 5.02 Å². The maximum atomic E-state index is 11.1. The fourth-order valence-corrected chi connectivity index (χ4v) is 1.23. The lowest BCUT2D eigenvalue weighted by Crippen LogP contribution is -2.17. The van der Waals surface area contributed by atoms with Crippen LogP contribution in [0, 0.1) is 0 Å². The van der Waals surface area contributed by atoms with Crippen molar-refractivity contribution in [3.05, 3.63) is 29.3 Å². The van der Waals surface area contributed by atoms with Crippen LogP contribution < -0.4 is 5.32 Å². The average molecular weight is 228 g/mol. The predicted molar refractivity (Wildman–Crippen MR) is 61.2 cm³/mol. The summed E-state index contributed by atoms with van der Waals surface area (Å²) in [5.74, 6) is -0.253. The molecule has 0 saturated heterocycles. The predicted octanol–water partition coefficient (Wildman–Crippen LogP) is 2.71. The van der Waals surface area contributed by atoms with Crippen LogP contribution in [0.15, 0.2) is 24.3 Å². The van der Waals surface area contributed by atoms with E-state index < -0.39 is 0 Å². The van der Waals surface area contributed by atoms with Gasteiger partial charge in [-0.25, -0.2) is 0 Å². The number of ether oxygens (including phenoxy) is 1. The molecule has 0 aliphatic carbocycles. The van der Waals surface area contributed by atoms with Crippen LogP contribution in [0.5, 0.6) is 0 Å². The van der Waals surface area contributed by atoms with Gasteiger partial charge < -0.3 is 10.1 Å². The van der Waals surface area contributed by atoms with E-state index in [1.807, 2.05) is 19.1 Å². The van der Waals surface area contributed by atoms with Gasteiger partial charge in [0.1, 0.15) is 6.54 Å². The molecule has 1 N–H and O–H groups in total. The van der Waals surface area contributed by atoms with Crippen molar-refractivity contribution >= 4 is 23.3 Å². The van der Waals surface area contributed by atoms with Crippen LogP contribution in [0.1, 0.15) is 13.3 Å². The molecule has 0 unspecified atom stereocenters. The minimum Gasteiger partial charge on any atom is -0.464 e. The van der Waals surface area contributed by atoms with E-state index in [1.165, 1.54) is 0 Å². The van der Waals surface area contributed by atoms with Crippen molar-refractivity contribution < 1.29 is 9.53 Å². The number of benzene rings is 1. The van der Waals surface area contributed by atoms with Crippen molar-refractivity contribution in [2.24, 2.45) is 0 Å². The lowest BCUT2D eigenvalue weighted by molar-refractivity contribution is -0.141. The zero-order chi connectivity index (χ0) is 11.1. The maximum absolute atomic E-state index is 11.1. The molecule has 1 aromatic rings. The lowest BCUT2D eigenvalue weighted by Gasteiger charge is -2.06. The molecule has 0 radical (unpaired) electrons. The number of nitrogens with one attached hydrogen (secondary N) is 1. The average Bonchev–Trinajstić information content (AvgIpc) is 2.23. The van der Waals surface area contributed by atoms with Gasteiger partial charge in [0.05, 0.1) is 6.61 Å². The highest BCUT2D eigenvalue weighted by molar-refractivity contribution is 6.30. The summed E-state index contributed by atoms with van der Waals surface area (Å²) >= 11 is 5.79. The molecule has 0 atom stereocenters. The summed E-state index contributed by atoms with van der Waals surface area (Å²) in [4.78, 5) is 11.1.